The van der Waals surface area contributed by atoms with Crippen molar-refractivity contribution in [3.05, 3.63) is 32.3 Å². The second kappa shape index (κ2) is 8.68. The van der Waals surface area contributed by atoms with E-state index in [-0.39, 0.29) is 21.3 Å². The normalized spacial score (nSPS) is 11.5. The Bertz CT molecular complexity index is 980. The molecule has 0 aliphatic heterocycles. The minimum Gasteiger partial charge on any atom is -0.475 e. The third-order valence-electron chi connectivity index (χ3n) is 3.99. The molecule has 0 bridgehead atoms. The molecule has 0 saturated carbocycles. The number of rotatable bonds is 7. The minimum absolute atomic E-state index is 0.0162. The van der Waals surface area contributed by atoms with Crippen LogP contribution in [0.3, 0.4) is 0 Å². The van der Waals surface area contributed by atoms with E-state index in [9.17, 15) is 24.5 Å². The van der Waals surface area contributed by atoms with E-state index in [1.807, 2.05) is 0 Å². The van der Waals surface area contributed by atoms with Crippen molar-refractivity contribution in [1.29, 1.82) is 0 Å². The standard InChI is InChI=1S/C16H18N4O8S/c1-7-10(15(22)27-4)14(29-11(7)16(23)28-5)17-12(21)8(2)19-6-9(20(24)25)13(18-19)26-3/h6,8H,1-5H3,(H,17,21). The van der Waals surface area contributed by atoms with Gasteiger partial charge in [0.05, 0.1) is 31.8 Å². The van der Waals surface area contributed by atoms with Crippen LogP contribution in [0.15, 0.2) is 6.20 Å². The number of carbonyl (C=O) groups excluding carboxylic acids is 3. The Kier molecular flexibility index (Phi) is 6.53. The summed E-state index contributed by atoms with van der Waals surface area (Å²) in [6.45, 7) is 2.97. The molecule has 0 radical (unpaired) electrons. The van der Waals surface area contributed by atoms with E-state index in [0.717, 1.165) is 22.2 Å². The van der Waals surface area contributed by atoms with Gasteiger partial charge in [0.15, 0.2) is 0 Å². The van der Waals surface area contributed by atoms with Gasteiger partial charge in [-0.05, 0) is 19.4 Å². The van der Waals surface area contributed by atoms with Gasteiger partial charge in [-0.1, -0.05) is 0 Å². The third-order valence-corrected chi connectivity index (χ3v) is 5.18. The van der Waals surface area contributed by atoms with E-state index in [2.05, 4.69) is 15.2 Å². The predicted molar refractivity (Wildman–Crippen MR) is 101 cm³/mol. The Morgan fingerprint density at radius 2 is 1.86 bits per heavy atom. The van der Waals surface area contributed by atoms with Crippen LogP contribution in [0, 0.1) is 17.0 Å². The van der Waals surface area contributed by atoms with Crippen molar-refractivity contribution >= 4 is 39.9 Å². The summed E-state index contributed by atoms with van der Waals surface area (Å²) in [6, 6.07) is -0.993. The highest BCUT2D eigenvalue weighted by Gasteiger charge is 2.29. The van der Waals surface area contributed by atoms with Crippen LogP contribution in [0.1, 0.15) is 38.6 Å². The van der Waals surface area contributed by atoms with Crippen molar-refractivity contribution in [3.63, 3.8) is 0 Å². The second-order valence-electron chi connectivity index (χ2n) is 5.67. The molecule has 0 fully saturated rings. The molecule has 0 aromatic carbocycles. The average molecular weight is 426 g/mol. The molecule has 2 rings (SSSR count). The topological polar surface area (TPSA) is 152 Å². The van der Waals surface area contributed by atoms with Gasteiger partial charge in [0.1, 0.15) is 22.1 Å². The molecule has 2 aromatic heterocycles. The van der Waals surface area contributed by atoms with Gasteiger partial charge in [0.2, 0.25) is 5.91 Å². The van der Waals surface area contributed by atoms with Crippen molar-refractivity contribution in [2.24, 2.45) is 0 Å². The van der Waals surface area contributed by atoms with Crippen LogP contribution in [0.2, 0.25) is 0 Å². The first kappa shape index (κ1) is 21.8. The average Bonchev–Trinajstić information content (AvgIpc) is 3.27. The monoisotopic (exact) mass is 426 g/mol. The van der Waals surface area contributed by atoms with Gasteiger partial charge < -0.3 is 19.5 Å². The number of aromatic nitrogens is 2. The lowest BCUT2D eigenvalue weighted by Gasteiger charge is -2.12. The number of nitro groups is 1. The van der Waals surface area contributed by atoms with Gasteiger partial charge in [-0.15, -0.1) is 16.4 Å². The zero-order chi connectivity index (χ0) is 21.9. The number of hydrogen-bond donors (Lipinski definition) is 1. The highest BCUT2D eigenvalue weighted by molar-refractivity contribution is 7.18. The molecular weight excluding hydrogens is 408 g/mol. The number of nitrogens with zero attached hydrogens (tertiary/aromatic N) is 3. The molecule has 0 spiro atoms. The Morgan fingerprint density at radius 1 is 1.24 bits per heavy atom. The van der Waals surface area contributed by atoms with Crippen LogP contribution in [-0.2, 0) is 14.3 Å². The largest absolute Gasteiger partial charge is 0.475 e. The molecule has 0 saturated heterocycles. The fraction of sp³-hybridized carbons (Fsp3) is 0.375. The second-order valence-corrected chi connectivity index (χ2v) is 6.69. The van der Waals surface area contributed by atoms with Crippen molar-refractivity contribution in [3.8, 4) is 5.88 Å². The minimum atomic E-state index is -0.993. The molecule has 1 atom stereocenters. The first-order valence-electron chi connectivity index (χ1n) is 8.04. The number of hydrogen-bond acceptors (Lipinski definition) is 10. The van der Waals surface area contributed by atoms with Crippen LogP contribution < -0.4 is 10.1 Å². The van der Waals surface area contributed by atoms with Crippen molar-refractivity contribution in [2.45, 2.75) is 19.9 Å². The SMILES string of the molecule is COC(=O)c1sc(NC(=O)C(C)n2cc([N+](=O)[O-])c(OC)n2)c(C(=O)OC)c1C. The summed E-state index contributed by atoms with van der Waals surface area (Å²) in [4.78, 5) is 47.2. The van der Waals surface area contributed by atoms with Gasteiger partial charge in [0, 0.05) is 0 Å². The van der Waals surface area contributed by atoms with Gasteiger partial charge in [-0.25, -0.2) is 14.3 Å². The summed E-state index contributed by atoms with van der Waals surface area (Å²) in [7, 11) is 3.58. The van der Waals surface area contributed by atoms with E-state index in [1.165, 1.54) is 35.2 Å². The zero-order valence-corrected chi connectivity index (χ0v) is 17.0. The maximum Gasteiger partial charge on any atom is 0.350 e. The first-order valence-corrected chi connectivity index (χ1v) is 8.86. The Balaban J connectivity index is 2.38. The predicted octanol–water partition coefficient (Wildman–Crippen LogP) is 1.94. The summed E-state index contributed by atoms with van der Waals surface area (Å²) < 4.78 is 15.3. The van der Waals surface area contributed by atoms with Crippen LogP contribution >= 0.6 is 11.3 Å². The molecule has 13 heteroatoms. The smallest absolute Gasteiger partial charge is 0.350 e. The molecule has 1 amide bonds. The molecular formula is C16H18N4O8S. The molecule has 12 nitrogen and oxygen atoms in total. The van der Waals surface area contributed by atoms with Gasteiger partial charge in [-0.3, -0.25) is 14.9 Å². The van der Waals surface area contributed by atoms with Gasteiger partial charge in [-0.2, -0.15) is 0 Å². The maximum absolute atomic E-state index is 12.7. The Hall–Kier alpha value is -3.48. The van der Waals surface area contributed by atoms with E-state index in [0.29, 0.717) is 5.56 Å². The summed E-state index contributed by atoms with van der Waals surface area (Å²) in [6.07, 6.45) is 1.06. The quantitative estimate of drug-likeness (QED) is 0.398. The molecule has 29 heavy (non-hydrogen) atoms. The lowest BCUT2D eigenvalue weighted by Crippen LogP contribution is -2.24. The molecule has 0 aliphatic rings. The number of amides is 1. The van der Waals surface area contributed by atoms with Gasteiger partial charge >= 0.3 is 23.5 Å². The molecule has 1 unspecified atom stereocenters. The lowest BCUT2D eigenvalue weighted by atomic mass is 10.1. The number of ether oxygens (including phenoxy) is 3. The Morgan fingerprint density at radius 3 is 2.34 bits per heavy atom. The van der Waals surface area contributed by atoms with E-state index in [1.54, 1.807) is 0 Å². The molecule has 0 aliphatic carbocycles. The van der Waals surface area contributed by atoms with Crippen molar-refractivity contribution in [1.82, 2.24) is 9.78 Å². The maximum atomic E-state index is 12.7. The summed E-state index contributed by atoms with van der Waals surface area (Å²) in [5.41, 5.74) is -0.0853. The van der Waals surface area contributed by atoms with Crippen LogP contribution in [0.25, 0.3) is 0 Å². The lowest BCUT2D eigenvalue weighted by molar-refractivity contribution is -0.385. The van der Waals surface area contributed by atoms with E-state index >= 15 is 0 Å². The van der Waals surface area contributed by atoms with Crippen LogP contribution in [0.5, 0.6) is 5.88 Å². The van der Waals surface area contributed by atoms with Crippen LogP contribution in [-0.4, -0.2) is 53.9 Å². The number of carbonyl (C=O) groups is 3. The van der Waals surface area contributed by atoms with Crippen molar-refractivity contribution < 1.29 is 33.5 Å². The van der Waals surface area contributed by atoms with E-state index < -0.39 is 34.5 Å². The zero-order valence-electron chi connectivity index (χ0n) is 16.2. The van der Waals surface area contributed by atoms with E-state index in [4.69, 9.17) is 9.47 Å². The summed E-state index contributed by atoms with van der Waals surface area (Å²) >= 11 is 0.851. The molecule has 156 valence electrons. The first-order chi connectivity index (χ1) is 13.7. The highest BCUT2D eigenvalue weighted by atomic mass is 32.1. The Labute approximate surface area is 168 Å². The summed E-state index contributed by atoms with van der Waals surface area (Å²) in [5, 5.41) is 17.5. The molecule has 2 aromatic rings. The highest BCUT2D eigenvalue weighted by Crippen LogP contribution is 2.35. The fourth-order valence-corrected chi connectivity index (χ4v) is 3.52. The fourth-order valence-electron chi connectivity index (χ4n) is 2.41. The number of nitrogens with one attached hydrogen (secondary N) is 1. The number of thiophene rings is 1. The number of esters is 2. The van der Waals surface area contributed by atoms with Crippen molar-refractivity contribution in [2.75, 3.05) is 26.6 Å². The van der Waals surface area contributed by atoms with Gasteiger partial charge in [0.25, 0.3) is 0 Å². The number of methoxy groups -OCH3 is 3. The third kappa shape index (κ3) is 4.18. The van der Waals surface area contributed by atoms with Crippen LogP contribution in [0.4, 0.5) is 10.7 Å². The molecule has 2 heterocycles. The molecule has 1 N–H and O–H groups in total. The summed E-state index contributed by atoms with van der Waals surface area (Å²) in [5.74, 6) is -2.29. The number of anilines is 1.